The van der Waals surface area contributed by atoms with E-state index >= 15 is 0 Å². The van der Waals surface area contributed by atoms with Crippen molar-refractivity contribution in [3.05, 3.63) is 0 Å². The quantitative estimate of drug-likeness (QED) is 0.493. The zero-order chi connectivity index (χ0) is 6.91. The van der Waals surface area contributed by atoms with Gasteiger partial charge in [0.25, 0.3) is 0 Å². The van der Waals surface area contributed by atoms with E-state index in [-0.39, 0.29) is 0 Å². The summed E-state index contributed by atoms with van der Waals surface area (Å²) in [5.74, 6) is 3.65. The molecule has 1 rings (SSSR count). The SMILES string of the molecule is C#CCC(C)(C)C1CC1. The van der Waals surface area contributed by atoms with Gasteiger partial charge in [0, 0.05) is 6.42 Å². The minimum atomic E-state index is 0.425. The van der Waals surface area contributed by atoms with Gasteiger partial charge in [0.05, 0.1) is 0 Å². The van der Waals surface area contributed by atoms with E-state index in [1.807, 2.05) is 0 Å². The standard InChI is InChI=1S/C9H14/c1-4-7-9(2,3)8-5-6-8/h1,8H,5-7H2,2-3H3. The second-order valence-electron chi connectivity index (χ2n) is 3.64. The molecular formula is C9H14. The lowest BCUT2D eigenvalue weighted by Crippen LogP contribution is -2.12. The maximum atomic E-state index is 5.23. The molecule has 0 heteroatoms. The van der Waals surface area contributed by atoms with Crippen LogP contribution in [0.15, 0.2) is 0 Å². The minimum Gasteiger partial charge on any atom is -0.120 e. The molecule has 1 fully saturated rings. The summed E-state index contributed by atoms with van der Waals surface area (Å²) in [4.78, 5) is 0. The number of terminal acetylenes is 1. The summed E-state index contributed by atoms with van der Waals surface area (Å²) in [6.45, 7) is 4.54. The second kappa shape index (κ2) is 2.06. The number of hydrogen-bond acceptors (Lipinski definition) is 0. The zero-order valence-corrected chi connectivity index (χ0v) is 6.28. The molecule has 0 heterocycles. The van der Waals surface area contributed by atoms with Crippen molar-refractivity contribution >= 4 is 0 Å². The number of rotatable bonds is 2. The van der Waals surface area contributed by atoms with Crippen LogP contribution in [0.5, 0.6) is 0 Å². The van der Waals surface area contributed by atoms with Gasteiger partial charge >= 0.3 is 0 Å². The smallest absolute Gasteiger partial charge is 0.0140 e. The molecule has 0 amide bonds. The van der Waals surface area contributed by atoms with Crippen LogP contribution in [0.2, 0.25) is 0 Å². The molecule has 50 valence electrons. The van der Waals surface area contributed by atoms with Crippen LogP contribution < -0.4 is 0 Å². The van der Waals surface area contributed by atoms with E-state index in [1.165, 1.54) is 12.8 Å². The van der Waals surface area contributed by atoms with Gasteiger partial charge in [-0.15, -0.1) is 12.3 Å². The first kappa shape index (κ1) is 6.68. The van der Waals surface area contributed by atoms with E-state index in [9.17, 15) is 0 Å². The Morgan fingerprint density at radius 2 is 2.11 bits per heavy atom. The monoisotopic (exact) mass is 122 g/mol. The Morgan fingerprint density at radius 3 is 2.44 bits per heavy atom. The van der Waals surface area contributed by atoms with Gasteiger partial charge in [-0.2, -0.15) is 0 Å². The average molecular weight is 122 g/mol. The Hall–Kier alpha value is -0.440. The van der Waals surface area contributed by atoms with Crippen molar-refractivity contribution in [2.24, 2.45) is 11.3 Å². The van der Waals surface area contributed by atoms with Crippen LogP contribution in [0.3, 0.4) is 0 Å². The Kier molecular flexibility index (Phi) is 1.53. The minimum absolute atomic E-state index is 0.425. The maximum Gasteiger partial charge on any atom is 0.0140 e. The lowest BCUT2D eigenvalue weighted by molar-refractivity contribution is 0.319. The van der Waals surface area contributed by atoms with E-state index in [4.69, 9.17) is 6.42 Å². The molecule has 0 radical (unpaired) electrons. The Labute approximate surface area is 57.7 Å². The van der Waals surface area contributed by atoms with Crippen LogP contribution in [0, 0.1) is 23.7 Å². The summed E-state index contributed by atoms with van der Waals surface area (Å²) in [7, 11) is 0. The van der Waals surface area contributed by atoms with Crippen molar-refractivity contribution < 1.29 is 0 Å². The van der Waals surface area contributed by atoms with Crippen LogP contribution >= 0.6 is 0 Å². The highest BCUT2D eigenvalue weighted by Crippen LogP contribution is 2.46. The van der Waals surface area contributed by atoms with Crippen LogP contribution in [0.4, 0.5) is 0 Å². The summed E-state index contributed by atoms with van der Waals surface area (Å²) in [5.41, 5.74) is 0.425. The summed E-state index contributed by atoms with van der Waals surface area (Å²) < 4.78 is 0. The molecule has 0 aromatic heterocycles. The van der Waals surface area contributed by atoms with Gasteiger partial charge in [0.1, 0.15) is 0 Å². The fourth-order valence-electron chi connectivity index (χ4n) is 1.27. The second-order valence-corrected chi connectivity index (χ2v) is 3.64. The predicted molar refractivity (Wildman–Crippen MR) is 40.0 cm³/mol. The van der Waals surface area contributed by atoms with Crippen LogP contribution in [-0.4, -0.2) is 0 Å². The summed E-state index contributed by atoms with van der Waals surface area (Å²) in [5, 5.41) is 0. The predicted octanol–water partition coefficient (Wildman–Crippen LogP) is 2.45. The lowest BCUT2D eigenvalue weighted by Gasteiger charge is -2.20. The van der Waals surface area contributed by atoms with Gasteiger partial charge in [-0.3, -0.25) is 0 Å². The third-order valence-corrected chi connectivity index (χ3v) is 2.24. The normalized spacial score (nSPS) is 19.2. The molecule has 0 nitrogen and oxygen atoms in total. The molecule has 0 spiro atoms. The third-order valence-electron chi connectivity index (χ3n) is 2.24. The molecule has 9 heavy (non-hydrogen) atoms. The van der Waals surface area contributed by atoms with Crippen LogP contribution in [0.25, 0.3) is 0 Å². The molecule has 1 aliphatic rings. The number of hydrogen-bond donors (Lipinski definition) is 0. The molecule has 1 saturated carbocycles. The van der Waals surface area contributed by atoms with Gasteiger partial charge in [-0.05, 0) is 24.2 Å². The summed E-state index contributed by atoms with van der Waals surface area (Å²) in [6.07, 6.45) is 8.97. The molecule has 0 aromatic rings. The maximum absolute atomic E-state index is 5.23. The lowest BCUT2D eigenvalue weighted by atomic mass is 9.84. The largest absolute Gasteiger partial charge is 0.120 e. The zero-order valence-electron chi connectivity index (χ0n) is 6.28. The van der Waals surface area contributed by atoms with E-state index in [1.54, 1.807) is 0 Å². The average Bonchev–Trinajstić information content (AvgIpc) is 2.41. The topological polar surface area (TPSA) is 0 Å². The third kappa shape index (κ3) is 1.48. The molecule has 0 aliphatic heterocycles. The van der Waals surface area contributed by atoms with Gasteiger partial charge in [-0.1, -0.05) is 13.8 Å². The molecule has 0 N–H and O–H groups in total. The van der Waals surface area contributed by atoms with Gasteiger partial charge in [0.15, 0.2) is 0 Å². The van der Waals surface area contributed by atoms with Crippen LogP contribution in [-0.2, 0) is 0 Å². The van der Waals surface area contributed by atoms with E-state index in [0.717, 1.165) is 12.3 Å². The van der Waals surface area contributed by atoms with Crippen molar-refractivity contribution in [2.75, 3.05) is 0 Å². The van der Waals surface area contributed by atoms with Crippen LogP contribution in [0.1, 0.15) is 33.1 Å². The van der Waals surface area contributed by atoms with E-state index < -0.39 is 0 Å². The molecule has 0 aromatic carbocycles. The molecule has 0 atom stereocenters. The molecule has 1 aliphatic carbocycles. The van der Waals surface area contributed by atoms with Gasteiger partial charge in [0.2, 0.25) is 0 Å². The molecular weight excluding hydrogens is 108 g/mol. The van der Waals surface area contributed by atoms with Gasteiger partial charge in [-0.25, -0.2) is 0 Å². The molecule has 0 saturated heterocycles. The Balaban J connectivity index is 2.41. The first-order chi connectivity index (χ1) is 4.17. The first-order valence-corrected chi connectivity index (χ1v) is 3.60. The van der Waals surface area contributed by atoms with Crippen molar-refractivity contribution in [3.63, 3.8) is 0 Å². The fraction of sp³-hybridized carbons (Fsp3) is 0.778. The van der Waals surface area contributed by atoms with Crippen molar-refractivity contribution in [2.45, 2.75) is 33.1 Å². The molecule has 0 unspecified atom stereocenters. The molecule has 0 bridgehead atoms. The first-order valence-electron chi connectivity index (χ1n) is 3.60. The van der Waals surface area contributed by atoms with Crippen molar-refractivity contribution in [1.82, 2.24) is 0 Å². The van der Waals surface area contributed by atoms with Crippen molar-refractivity contribution in [3.8, 4) is 12.3 Å². The highest BCUT2D eigenvalue weighted by atomic mass is 14.4. The fourth-order valence-corrected chi connectivity index (χ4v) is 1.27. The highest BCUT2D eigenvalue weighted by molar-refractivity contribution is 4.97. The highest BCUT2D eigenvalue weighted by Gasteiger charge is 2.36. The summed E-state index contributed by atoms with van der Waals surface area (Å²) in [6, 6.07) is 0. The van der Waals surface area contributed by atoms with E-state index in [2.05, 4.69) is 19.8 Å². The van der Waals surface area contributed by atoms with Crippen molar-refractivity contribution in [1.29, 1.82) is 0 Å². The van der Waals surface area contributed by atoms with Gasteiger partial charge < -0.3 is 0 Å². The summed E-state index contributed by atoms with van der Waals surface area (Å²) >= 11 is 0. The Morgan fingerprint density at radius 1 is 1.56 bits per heavy atom. The van der Waals surface area contributed by atoms with E-state index in [0.29, 0.717) is 5.41 Å². The Bertz CT molecular complexity index is 133.